The zero-order chi connectivity index (χ0) is 25.9. The molecular formula is C26H29FN6O4. The van der Waals surface area contributed by atoms with Crippen molar-refractivity contribution in [3.63, 3.8) is 0 Å². The highest BCUT2D eigenvalue weighted by atomic mass is 19.1. The van der Waals surface area contributed by atoms with E-state index in [4.69, 9.17) is 15.2 Å². The van der Waals surface area contributed by atoms with E-state index in [9.17, 15) is 9.90 Å². The van der Waals surface area contributed by atoms with Gasteiger partial charge < -0.3 is 30.5 Å². The number of ether oxygens (including phenoxy) is 2. The molecule has 37 heavy (non-hydrogen) atoms. The maximum absolute atomic E-state index is 15.5. The number of nitrogens with two attached hydrogens (primary N) is 1. The summed E-state index contributed by atoms with van der Waals surface area (Å²) in [5.41, 5.74) is 8.20. The molecule has 3 aliphatic rings. The molecule has 5 heterocycles. The molecule has 0 aliphatic carbocycles. The molecule has 1 spiro atoms. The fourth-order valence-corrected chi connectivity index (χ4v) is 5.86. The van der Waals surface area contributed by atoms with E-state index in [0.29, 0.717) is 48.4 Å². The van der Waals surface area contributed by atoms with Crippen LogP contribution in [0, 0.1) is 12.7 Å². The van der Waals surface area contributed by atoms with Crippen molar-refractivity contribution >= 4 is 34.1 Å². The number of benzene rings is 1. The average Bonchev–Trinajstić information content (AvgIpc) is 3.46. The van der Waals surface area contributed by atoms with E-state index in [1.54, 1.807) is 18.3 Å². The van der Waals surface area contributed by atoms with Gasteiger partial charge in [-0.3, -0.25) is 4.90 Å². The molecule has 1 aromatic carbocycles. The molecule has 6 rings (SSSR count). The zero-order valence-electron chi connectivity index (χ0n) is 20.8. The highest BCUT2D eigenvalue weighted by Crippen LogP contribution is 2.41. The minimum absolute atomic E-state index is 0.0492. The largest absolute Gasteiger partial charge is 0.474 e. The number of aromatic nitrogens is 2. The van der Waals surface area contributed by atoms with Crippen LogP contribution >= 0.6 is 0 Å². The normalized spacial score (nSPS) is 23.2. The summed E-state index contributed by atoms with van der Waals surface area (Å²) in [5.74, 6) is 0.162. The highest BCUT2D eigenvalue weighted by molar-refractivity contribution is 5.99. The van der Waals surface area contributed by atoms with Gasteiger partial charge in [0.2, 0.25) is 5.88 Å². The van der Waals surface area contributed by atoms with Crippen LogP contribution < -0.4 is 20.7 Å². The van der Waals surface area contributed by atoms with Crippen LogP contribution in [0.15, 0.2) is 24.5 Å². The van der Waals surface area contributed by atoms with Crippen molar-refractivity contribution in [2.24, 2.45) is 0 Å². The minimum atomic E-state index is -1.11. The Morgan fingerprint density at radius 2 is 2.16 bits per heavy atom. The first-order valence-electron chi connectivity index (χ1n) is 12.4. The smallest absolute Gasteiger partial charge is 0.413 e. The van der Waals surface area contributed by atoms with Crippen molar-refractivity contribution in [1.29, 1.82) is 0 Å². The molecule has 11 heteroatoms. The van der Waals surface area contributed by atoms with E-state index < -0.39 is 11.9 Å². The van der Waals surface area contributed by atoms with Gasteiger partial charge in [-0.15, -0.1) is 0 Å². The molecule has 3 aliphatic heterocycles. The quantitative estimate of drug-likeness (QED) is 0.456. The van der Waals surface area contributed by atoms with Gasteiger partial charge in [0, 0.05) is 55.0 Å². The molecule has 0 radical (unpaired) electrons. The van der Waals surface area contributed by atoms with Gasteiger partial charge in [-0.2, -0.15) is 0 Å². The van der Waals surface area contributed by atoms with Gasteiger partial charge in [0.15, 0.2) is 5.82 Å². The third-order valence-corrected chi connectivity index (χ3v) is 7.74. The number of hydrogen-bond acceptors (Lipinski definition) is 8. The number of nitrogen functional groups attached to an aromatic ring is 1. The Labute approximate surface area is 213 Å². The van der Waals surface area contributed by atoms with Gasteiger partial charge in [0.05, 0.1) is 23.9 Å². The standard InChI is InChI=1S/C26H29FN6O4/c1-14-18(10-31-24-23(14)29-4-6-36-24)17-7-15-8-20(30-11-19(15)22(28)21(17)27)33(25(34)35)16-9-26(37-12-16)3-5-32(2)13-26/h7-8,10-11,16,29H,3-6,9,12-13,28H2,1-2H3,(H,34,35). The molecule has 10 nitrogen and oxygen atoms in total. The molecule has 3 aromatic rings. The topological polar surface area (TPSA) is 126 Å². The number of nitrogens with zero attached hydrogens (tertiary/aromatic N) is 4. The first-order valence-corrected chi connectivity index (χ1v) is 12.4. The third kappa shape index (κ3) is 3.89. The summed E-state index contributed by atoms with van der Waals surface area (Å²) in [5, 5.41) is 14.4. The molecule has 0 saturated carbocycles. The van der Waals surface area contributed by atoms with Crippen LogP contribution in [0.4, 0.5) is 26.4 Å². The molecule has 2 saturated heterocycles. The van der Waals surface area contributed by atoms with Crippen LogP contribution in [0.1, 0.15) is 18.4 Å². The van der Waals surface area contributed by atoms with Crippen molar-refractivity contribution < 1.29 is 23.8 Å². The number of likely N-dealkylation sites (tertiary alicyclic amines) is 1. The van der Waals surface area contributed by atoms with E-state index in [1.165, 1.54) is 11.1 Å². The fourth-order valence-electron chi connectivity index (χ4n) is 5.86. The number of anilines is 3. The maximum atomic E-state index is 15.5. The van der Waals surface area contributed by atoms with Crippen molar-refractivity contribution in [2.75, 3.05) is 55.8 Å². The summed E-state index contributed by atoms with van der Waals surface area (Å²) < 4.78 is 27.2. The summed E-state index contributed by atoms with van der Waals surface area (Å²) in [6.07, 6.45) is 3.36. The molecule has 1 amide bonds. The Hall–Kier alpha value is -3.70. The molecular weight excluding hydrogens is 479 g/mol. The van der Waals surface area contributed by atoms with Crippen LogP contribution in [0.3, 0.4) is 0 Å². The van der Waals surface area contributed by atoms with Gasteiger partial charge >= 0.3 is 6.09 Å². The van der Waals surface area contributed by atoms with Gasteiger partial charge in [-0.05, 0) is 43.5 Å². The van der Waals surface area contributed by atoms with Crippen molar-refractivity contribution in [1.82, 2.24) is 14.9 Å². The lowest BCUT2D eigenvalue weighted by molar-refractivity contribution is 0.0141. The first kappa shape index (κ1) is 23.7. The number of pyridine rings is 2. The number of nitrogens with one attached hydrogen (secondary N) is 1. The summed E-state index contributed by atoms with van der Waals surface area (Å²) >= 11 is 0. The number of halogens is 1. The molecule has 2 unspecified atom stereocenters. The second-order valence-corrected chi connectivity index (χ2v) is 10.2. The fraction of sp³-hybridized carbons (Fsp3) is 0.423. The monoisotopic (exact) mass is 508 g/mol. The van der Waals surface area contributed by atoms with Crippen LogP contribution in [0.5, 0.6) is 5.88 Å². The number of likely N-dealkylation sites (N-methyl/N-ethyl adjacent to an activating group) is 1. The van der Waals surface area contributed by atoms with E-state index in [2.05, 4.69) is 20.2 Å². The predicted molar refractivity (Wildman–Crippen MR) is 138 cm³/mol. The second-order valence-electron chi connectivity index (χ2n) is 10.2. The van der Waals surface area contributed by atoms with E-state index in [1.807, 2.05) is 14.0 Å². The number of rotatable bonds is 3. The number of amides is 1. The van der Waals surface area contributed by atoms with E-state index >= 15 is 4.39 Å². The minimum Gasteiger partial charge on any atom is -0.474 e. The van der Waals surface area contributed by atoms with Crippen molar-refractivity contribution in [3.8, 4) is 17.0 Å². The van der Waals surface area contributed by atoms with Gasteiger partial charge in [-0.25, -0.2) is 19.2 Å². The summed E-state index contributed by atoms with van der Waals surface area (Å²) in [7, 11) is 2.04. The van der Waals surface area contributed by atoms with Gasteiger partial charge in [0.25, 0.3) is 0 Å². The lowest BCUT2D eigenvalue weighted by Crippen LogP contribution is -2.42. The number of hydrogen-bond donors (Lipinski definition) is 3. The third-order valence-electron chi connectivity index (χ3n) is 7.74. The molecule has 194 valence electrons. The molecule has 2 atom stereocenters. The number of carboxylic acid groups (broad SMARTS) is 1. The van der Waals surface area contributed by atoms with Crippen LogP contribution in [0.25, 0.3) is 21.9 Å². The number of carbonyl (C=O) groups is 1. The van der Waals surface area contributed by atoms with Gasteiger partial charge in [-0.1, -0.05) is 0 Å². The Bertz CT molecular complexity index is 1420. The Kier molecular flexibility index (Phi) is 5.57. The summed E-state index contributed by atoms with van der Waals surface area (Å²) in [4.78, 5) is 24.6. The average molecular weight is 509 g/mol. The highest BCUT2D eigenvalue weighted by Gasteiger charge is 2.47. The SMILES string of the molecule is Cc1c(-c2cc3cc(N(C(=O)O)C4COC5(CCN(C)C5)C4)ncc3c(N)c2F)cnc2c1NCCO2. The maximum Gasteiger partial charge on any atom is 0.413 e. The Balaban J connectivity index is 1.40. The predicted octanol–water partition coefficient (Wildman–Crippen LogP) is 3.48. The number of fused-ring (bicyclic) bond motifs is 2. The molecule has 2 aromatic heterocycles. The summed E-state index contributed by atoms with van der Waals surface area (Å²) in [6, 6.07) is 2.95. The Morgan fingerprint density at radius 1 is 1.32 bits per heavy atom. The second kappa shape index (κ2) is 8.70. The molecule has 4 N–H and O–H groups in total. The van der Waals surface area contributed by atoms with Crippen molar-refractivity contribution in [3.05, 3.63) is 35.9 Å². The Morgan fingerprint density at radius 3 is 2.92 bits per heavy atom. The van der Waals surface area contributed by atoms with E-state index in [-0.39, 0.29) is 28.7 Å². The zero-order valence-corrected chi connectivity index (χ0v) is 20.8. The van der Waals surface area contributed by atoms with Crippen LogP contribution in [0.2, 0.25) is 0 Å². The van der Waals surface area contributed by atoms with Crippen LogP contribution in [-0.2, 0) is 4.74 Å². The molecule has 0 bridgehead atoms. The lowest BCUT2D eigenvalue weighted by Gasteiger charge is -2.26. The lowest BCUT2D eigenvalue weighted by atomic mass is 9.96. The summed E-state index contributed by atoms with van der Waals surface area (Å²) in [6.45, 7) is 5.00. The van der Waals surface area contributed by atoms with Gasteiger partial charge in [0.1, 0.15) is 18.1 Å². The van der Waals surface area contributed by atoms with Crippen molar-refractivity contribution in [2.45, 2.75) is 31.4 Å². The molecule has 2 fully saturated rings. The van der Waals surface area contributed by atoms with Crippen LogP contribution in [-0.4, -0.2) is 77.6 Å². The van der Waals surface area contributed by atoms with E-state index in [0.717, 1.165) is 30.8 Å². The first-order chi connectivity index (χ1) is 17.8.